The molecule has 12 nitrogen and oxygen atoms in total. The molecule has 2 aromatic carbocycles. The third kappa shape index (κ3) is 6.20. The number of nitrogens with zero attached hydrogens (tertiary/aromatic N) is 9. The second-order valence-electron chi connectivity index (χ2n) is 9.50. The molecule has 0 spiro atoms. The molecular weight excluding hydrogens is 591 g/mol. The Kier molecular flexibility index (Phi) is 7.77. The maximum absolute atomic E-state index is 13.7. The molecule has 6 rings (SSSR count). The smallest absolute Gasteiger partial charge is 0.254 e. The van der Waals surface area contributed by atoms with Gasteiger partial charge >= 0.3 is 0 Å². The van der Waals surface area contributed by atoms with Gasteiger partial charge in [0.25, 0.3) is 5.56 Å². The highest BCUT2D eigenvalue weighted by molar-refractivity contribution is 6.31. The molecule has 0 fully saturated rings. The van der Waals surface area contributed by atoms with Crippen LogP contribution in [0.15, 0.2) is 96.6 Å². The van der Waals surface area contributed by atoms with E-state index in [4.69, 9.17) is 23.2 Å². The van der Waals surface area contributed by atoms with Gasteiger partial charge in [0, 0.05) is 23.1 Å². The summed E-state index contributed by atoms with van der Waals surface area (Å²) in [5, 5.41) is 15.6. The van der Waals surface area contributed by atoms with E-state index in [1.807, 2.05) is 30.3 Å². The molecule has 1 amide bonds. The van der Waals surface area contributed by atoms with Crippen LogP contribution in [0.25, 0.3) is 22.8 Å². The number of pyridine rings is 1. The molecule has 0 aliphatic carbocycles. The highest BCUT2D eigenvalue weighted by Crippen LogP contribution is 2.28. The first-order valence-corrected chi connectivity index (χ1v) is 13.8. The van der Waals surface area contributed by atoms with Gasteiger partial charge in [-0.3, -0.25) is 14.2 Å². The summed E-state index contributed by atoms with van der Waals surface area (Å²) < 4.78 is 4.31. The number of benzene rings is 2. The van der Waals surface area contributed by atoms with E-state index in [0.29, 0.717) is 39.3 Å². The summed E-state index contributed by atoms with van der Waals surface area (Å²) in [5.74, 6) is 0.749. The van der Waals surface area contributed by atoms with Crippen molar-refractivity contribution in [1.82, 2.24) is 44.3 Å². The number of aryl methyl sites for hydroxylation is 1. The monoisotopic (exact) mass is 612 g/mol. The average Bonchev–Trinajstić information content (AvgIpc) is 3.65. The molecule has 0 aliphatic heterocycles. The standard InChI is InChI=1S/C29H22Cl2N10O2/c1-18-33-17-41(37-18)27-10-8-21(14-32-27)35-29(43)25(11-19-5-3-2-4-6-19)39-16-34-23(13-28(39)42)22-12-20(30)7-9-24(22)40-15-26(31)36-38-40/h2-10,12-17,25H,11H2,1H3,(H,35,43). The van der Waals surface area contributed by atoms with Crippen LogP contribution in [0.1, 0.15) is 17.4 Å². The zero-order valence-electron chi connectivity index (χ0n) is 22.5. The van der Waals surface area contributed by atoms with Crippen LogP contribution in [0.4, 0.5) is 5.69 Å². The van der Waals surface area contributed by atoms with Crippen molar-refractivity contribution in [2.45, 2.75) is 19.4 Å². The van der Waals surface area contributed by atoms with Crippen molar-refractivity contribution >= 4 is 34.8 Å². The van der Waals surface area contributed by atoms with Gasteiger partial charge in [-0.2, -0.15) is 5.10 Å². The first kappa shape index (κ1) is 27.9. The Morgan fingerprint density at radius 3 is 2.47 bits per heavy atom. The summed E-state index contributed by atoms with van der Waals surface area (Å²) >= 11 is 12.3. The number of rotatable bonds is 8. The molecule has 4 aromatic heterocycles. The largest absolute Gasteiger partial charge is 0.323 e. The van der Waals surface area contributed by atoms with Crippen molar-refractivity contribution in [2.24, 2.45) is 0 Å². The van der Waals surface area contributed by atoms with Gasteiger partial charge < -0.3 is 5.32 Å². The predicted molar refractivity (Wildman–Crippen MR) is 161 cm³/mol. The van der Waals surface area contributed by atoms with Crippen LogP contribution in [-0.4, -0.2) is 50.2 Å². The molecule has 0 aliphatic rings. The van der Waals surface area contributed by atoms with Gasteiger partial charge in [-0.15, -0.1) is 5.10 Å². The Morgan fingerprint density at radius 2 is 1.79 bits per heavy atom. The minimum absolute atomic E-state index is 0.206. The van der Waals surface area contributed by atoms with Crippen LogP contribution in [0.3, 0.4) is 0 Å². The molecule has 14 heteroatoms. The van der Waals surface area contributed by atoms with Crippen molar-refractivity contribution in [2.75, 3.05) is 5.32 Å². The molecule has 0 radical (unpaired) electrons. The first-order chi connectivity index (χ1) is 20.8. The van der Waals surface area contributed by atoms with E-state index >= 15 is 0 Å². The molecule has 1 N–H and O–H groups in total. The second kappa shape index (κ2) is 12.0. The van der Waals surface area contributed by atoms with Gasteiger partial charge in [0.1, 0.15) is 18.2 Å². The Hall–Kier alpha value is -5.20. The fourth-order valence-corrected chi connectivity index (χ4v) is 4.80. The van der Waals surface area contributed by atoms with E-state index in [1.54, 1.807) is 43.6 Å². The molecule has 1 unspecified atom stereocenters. The lowest BCUT2D eigenvalue weighted by atomic mass is 10.0. The van der Waals surface area contributed by atoms with Crippen LogP contribution in [-0.2, 0) is 11.2 Å². The van der Waals surface area contributed by atoms with Gasteiger partial charge in [0.2, 0.25) is 5.91 Å². The van der Waals surface area contributed by atoms with E-state index in [-0.39, 0.29) is 11.6 Å². The zero-order chi connectivity index (χ0) is 29.9. The van der Waals surface area contributed by atoms with E-state index in [0.717, 1.165) is 5.56 Å². The topological polar surface area (TPSA) is 138 Å². The highest BCUT2D eigenvalue weighted by atomic mass is 35.5. The van der Waals surface area contributed by atoms with Crippen LogP contribution < -0.4 is 10.9 Å². The number of hydrogen-bond acceptors (Lipinski definition) is 8. The third-order valence-corrected chi connectivity index (χ3v) is 6.96. The molecule has 4 heterocycles. The molecular formula is C29H22Cl2N10O2. The van der Waals surface area contributed by atoms with E-state index < -0.39 is 17.5 Å². The Balaban J connectivity index is 1.32. The van der Waals surface area contributed by atoms with E-state index in [9.17, 15) is 9.59 Å². The first-order valence-electron chi connectivity index (χ1n) is 13.0. The minimum Gasteiger partial charge on any atom is -0.323 e. The molecule has 0 saturated carbocycles. The lowest BCUT2D eigenvalue weighted by Gasteiger charge is -2.20. The normalized spacial score (nSPS) is 11.8. The maximum atomic E-state index is 13.7. The van der Waals surface area contributed by atoms with E-state index in [2.05, 4.69) is 35.7 Å². The van der Waals surface area contributed by atoms with Gasteiger partial charge in [-0.25, -0.2) is 24.3 Å². The summed E-state index contributed by atoms with van der Waals surface area (Å²) in [5.41, 5.74) is 2.34. The van der Waals surface area contributed by atoms with Crippen LogP contribution in [0.2, 0.25) is 10.2 Å². The average molecular weight is 613 g/mol. The Morgan fingerprint density at radius 1 is 0.953 bits per heavy atom. The number of halogens is 2. The molecule has 0 bridgehead atoms. The van der Waals surface area contributed by atoms with Gasteiger partial charge in [0.15, 0.2) is 11.0 Å². The second-order valence-corrected chi connectivity index (χ2v) is 10.3. The number of nitrogens with one attached hydrogen (secondary N) is 1. The van der Waals surface area contributed by atoms with Gasteiger partial charge in [0.05, 0.1) is 35.8 Å². The molecule has 1 atom stereocenters. The quantitative estimate of drug-likeness (QED) is 0.265. The number of hydrogen-bond donors (Lipinski definition) is 1. The SMILES string of the molecule is Cc1ncn(-c2ccc(NC(=O)C(Cc3ccccc3)n3cnc(-c4cc(Cl)ccc4-n4cc(Cl)nn4)cc3=O)cn2)n1. The number of anilines is 1. The third-order valence-electron chi connectivity index (χ3n) is 6.55. The van der Waals surface area contributed by atoms with Crippen molar-refractivity contribution in [1.29, 1.82) is 0 Å². The summed E-state index contributed by atoms with van der Waals surface area (Å²) in [4.78, 5) is 40.3. The number of carbonyl (C=O) groups excluding carboxylic acids is 1. The van der Waals surface area contributed by atoms with Crippen molar-refractivity contribution in [3.8, 4) is 22.8 Å². The summed E-state index contributed by atoms with van der Waals surface area (Å²) in [6.07, 6.45) is 6.22. The van der Waals surface area contributed by atoms with Crippen LogP contribution >= 0.6 is 23.2 Å². The molecule has 43 heavy (non-hydrogen) atoms. The Bertz CT molecular complexity index is 1970. The highest BCUT2D eigenvalue weighted by Gasteiger charge is 2.24. The number of carbonyl (C=O) groups is 1. The van der Waals surface area contributed by atoms with Crippen molar-refractivity contribution in [3.05, 3.63) is 124 Å². The zero-order valence-corrected chi connectivity index (χ0v) is 24.1. The molecule has 0 saturated heterocycles. The number of amides is 1. The van der Waals surface area contributed by atoms with Gasteiger partial charge in [-0.1, -0.05) is 58.7 Å². The molecule has 6 aromatic rings. The summed E-state index contributed by atoms with van der Waals surface area (Å²) in [6.45, 7) is 1.78. The predicted octanol–water partition coefficient (Wildman–Crippen LogP) is 4.50. The van der Waals surface area contributed by atoms with E-state index in [1.165, 1.54) is 38.7 Å². The molecule has 214 valence electrons. The lowest BCUT2D eigenvalue weighted by Crippen LogP contribution is -2.34. The van der Waals surface area contributed by atoms with Crippen molar-refractivity contribution < 1.29 is 4.79 Å². The summed E-state index contributed by atoms with van der Waals surface area (Å²) in [6, 6.07) is 18.4. The minimum atomic E-state index is -0.915. The maximum Gasteiger partial charge on any atom is 0.254 e. The fourth-order valence-electron chi connectivity index (χ4n) is 4.50. The van der Waals surface area contributed by atoms with Crippen molar-refractivity contribution in [3.63, 3.8) is 0 Å². The van der Waals surface area contributed by atoms with Crippen LogP contribution in [0.5, 0.6) is 0 Å². The Labute approximate surface area is 254 Å². The lowest BCUT2D eigenvalue weighted by molar-refractivity contribution is -0.119. The number of aromatic nitrogens is 9. The fraction of sp³-hybridized carbons (Fsp3) is 0.103. The van der Waals surface area contributed by atoms with Crippen LogP contribution in [0, 0.1) is 6.92 Å². The summed E-state index contributed by atoms with van der Waals surface area (Å²) in [7, 11) is 0. The van der Waals surface area contributed by atoms with Gasteiger partial charge in [-0.05, 0) is 42.8 Å².